The van der Waals surface area contributed by atoms with E-state index in [0.29, 0.717) is 12.8 Å². The van der Waals surface area contributed by atoms with Crippen LogP contribution >= 0.6 is 7.82 Å². The zero-order valence-corrected chi connectivity index (χ0v) is 40.5. The third kappa shape index (κ3) is 31.7. The van der Waals surface area contributed by atoms with Crippen LogP contribution < -0.4 is 0 Å². The molecule has 1 saturated carbocycles. The first-order valence-electron chi connectivity index (χ1n) is 24.9. The van der Waals surface area contributed by atoms with E-state index in [1.807, 2.05) is 0 Å². The first-order valence-corrected chi connectivity index (χ1v) is 26.4. The van der Waals surface area contributed by atoms with Crippen LogP contribution in [0.3, 0.4) is 0 Å². The van der Waals surface area contributed by atoms with Crippen molar-refractivity contribution in [2.24, 2.45) is 0 Å². The van der Waals surface area contributed by atoms with Crippen LogP contribution in [-0.2, 0) is 32.7 Å². The van der Waals surface area contributed by atoms with Crippen LogP contribution in [-0.4, -0.2) is 98.3 Å². The number of aliphatic hydroxyl groups is 5. The average molecular weight is 929 g/mol. The van der Waals surface area contributed by atoms with E-state index in [2.05, 4.69) is 62.5 Å². The van der Waals surface area contributed by atoms with E-state index < -0.39 is 75.7 Å². The second-order valence-electron chi connectivity index (χ2n) is 17.3. The Balaban J connectivity index is 2.41. The maximum Gasteiger partial charge on any atom is 0.472 e. The second-order valence-corrected chi connectivity index (χ2v) is 18.7. The molecule has 372 valence electrons. The Hall–Kier alpha value is -2.19. The van der Waals surface area contributed by atoms with E-state index in [1.165, 1.54) is 103 Å². The summed E-state index contributed by atoms with van der Waals surface area (Å²) in [4.78, 5) is 35.8. The highest BCUT2D eigenvalue weighted by molar-refractivity contribution is 7.47. The Morgan fingerprint density at radius 1 is 0.500 bits per heavy atom. The minimum absolute atomic E-state index is 0.0449. The fraction of sp³-hybridized carbons (Fsp3) is 0.800. The predicted octanol–water partition coefficient (Wildman–Crippen LogP) is 10.3. The minimum atomic E-state index is -5.13. The summed E-state index contributed by atoms with van der Waals surface area (Å²) in [5.74, 6) is -1.14. The van der Waals surface area contributed by atoms with E-state index in [1.54, 1.807) is 0 Å². The van der Waals surface area contributed by atoms with Crippen LogP contribution in [0.4, 0.5) is 0 Å². The van der Waals surface area contributed by atoms with Crippen molar-refractivity contribution in [2.75, 3.05) is 13.2 Å². The van der Waals surface area contributed by atoms with E-state index in [-0.39, 0.29) is 12.8 Å². The summed E-state index contributed by atoms with van der Waals surface area (Å²) in [5, 5.41) is 50.2. The Morgan fingerprint density at radius 2 is 0.891 bits per heavy atom. The fourth-order valence-corrected chi connectivity index (χ4v) is 8.43. The normalized spacial score (nSPS) is 21.9. The number of esters is 2. The topological polar surface area (TPSA) is 210 Å². The number of carbonyl (C=O) groups excluding carboxylic acids is 2. The molecular weight excluding hydrogens is 840 g/mol. The molecule has 13 nitrogen and oxygen atoms in total. The van der Waals surface area contributed by atoms with Crippen molar-refractivity contribution in [1.82, 2.24) is 0 Å². The van der Waals surface area contributed by atoms with E-state index in [4.69, 9.17) is 18.5 Å². The standard InChI is InChI=1S/C50H89O13P/c1-3-5-7-9-11-13-15-17-19-20-21-22-23-25-26-28-30-32-34-36-38-43(51)60-40-42(41-61-64(58,59)63-50-48(56)46(54)45(53)47(55)49(50)57)62-44(52)39-37-35-33-31-29-27-24-18-16-14-12-10-8-6-4-2/h6,8,12,14,18,24,29,31,42,45-50,53-57H,3-5,7,9-11,13,15-17,19-23,25-28,30,32-41H2,1-2H3,(H,58,59)/b8-6-,14-12-,24-18-,31-29-. The van der Waals surface area contributed by atoms with Crippen molar-refractivity contribution >= 4 is 19.8 Å². The van der Waals surface area contributed by atoms with Gasteiger partial charge in [-0.05, 0) is 51.4 Å². The lowest BCUT2D eigenvalue weighted by molar-refractivity contribution is -0.220. The van der Waals surface area contributed by atoms with E-state index in [0.717, 1.165) is 57.8 Å². The van der Waals surface area contributed by atoms with Gasteiger partial charge in [0.15, 0.2) is 6.10 Å². The lowest BCUT2D eigenvalue weighted by Gasteiger charge is -2.41. The van der Waals surface area contributed by atoms with Crippen LogP contribution in [0.1, 0.15) is 200 Å². The van der Waals surface area contributed by atoms with E-state index >= 15 is 0 Å². The summed E-state index contributed by atoms with van der Waals surface area (Å²) in [5.41, 5.74) is 0. The van der Waals surface area contributed by atoms with Gasteiger partial charge in [0.2, 0.25) is 0 Å². The highest BCUT2D eigenvalue weighted by atomic mass is 31.2. The van der Waals surface area contributed by atoms with Crippen LogP contribution in [0.25, 0.3) is 0 Å². The quantitative estimate of drug-likeness (QED) is 0.0146. The zero-order chi connectivity index (χ0) is 47.1. The maximum atomic E-state index is 12.8. The monoisotopic (exact) mass is 929 g/mol. The second kappa shape index (κ2) is 39.9. The largest absolute Gasteiger partial charge is 0.472 e. The number of hydrogen-bond donors (Lipinski definition) is 6. The third-order valence-electron chi connectivity index (χ3n) is 11.4. The number of allylic oxidation sites excluding steroid dienone is 8. The number of phosphoric ester groups is 1. The molecule has 0 amide bonds. The molecule has 0 aromatic rings. The first kappa shape index (κ1) is 59.8. The Kier molecular flexibility index (Phi) is 37.3. The molecule has 1 aliphatic rings. The number of carbonyl (C=O) groups is 2. The molecule has 1 aliphatic carbocycles. The molecule has 0 aliphatic heterocycles. The first-order chi connectivity index (χ1) is 30.9. The van der Waals surface area contributed by atoms with Gasteiger partial charge < -0.3 is 39.9 Å². The van der Waals surface area contributed by atoms with Gasteiger partial charge in [0, 0.05) is 12.8 Å². The van der Waals surface area contributed by atoms with Crippen molar-refractivity contribution in [1.29, 1.82) is 0 Å². The van der Waals surface area contributed by atoms with Gasteiger partial charge in [-0.2, -0.15) is 0 Å². The SMILES string of the molecule is CC/C=C\C/C=C\C/C=C\C/C=C\CCCCC(=O)OC(COC(=O)CCCCCCCCCCCCCCCCCCCCCC)COP(=O)(O)OC1C(O)C(O)C(O)C(O)C1O. The van der Waals surface area contributed by atoms with Crippen LogP contribution in [0.2, 0.25) is 0 Å². The molecule has 0 radical (unpaired) electrons. The summed E-state index contributed by atoms with van der Waals surface area (Å²) in [7, 11) is -5.13. The van der Waals surface area contributed by atoms with Gasteiger partial charge in [-0.3, -0.25) is 18.6 Å². The zero-order valence-electron chi connectivity index (χ0n) is 39.6. The average Bonchev–Trinajstić information content (AvgIpc) is 3.28. The van der Waals surface area contributed by atoms with Crippen molar-refractivity contribution in [3.8, 4) is 0 Å². The maximum absolute atomic E-state index is 12.8. The number of phosphoric acid groups is 1. The van der Waals surface area contributed by atoms with Gasteiger partial charge in [0.25, 0.3) is 0 Å². The van der Waals surface area contributed by atoms with Gasteiger partial charge in [0.1, 0.15) is 43.2 Å². The number of unbranched alkanes of at least 4 members (excludes halogenated alkanes) is 21. The summed E-state index contributed by atoms with van der Waals surface area (Å²) < 4.78 is 33.5. The fourth-order valence-electron chi connectivity index (χ4n) is 7.46. The number of ether oxygens (including phenoxy) is 2. The smallest absolute Gasteiger partial charge is 0.462 e. The molecule has 6 unspecified atom stereocenters. The van der Waals surface area contributed by atoms with Crippen LogP contribution in [0.5, 0.6) is 0 Å². The molecule has 0 bridgehead atoms. The lowest BCUT2D eigenvalue weighted by Crippen LogP contribution is -2.64. The molecule has 6 N–H and O–H groups in total. The Labute approximate surface area is 386 Å². The molecule has 1 rings (SSSR count). The van der Waals surface area contributed by atoms with Gasteiger partial charge in [0.05, 0.1) is 6.61 Å². The highest BCUT2D eigenvalue weighted by Gasteiger charge is 2.51. The number of rotatable bonds is 41. The molecule has 1 fully saturated rings. The molecule has 0 heterocycles. The molecule has 6 atom stereocenters. The third-order valence-corrected chi connectivity index (χ3v) is 12.4. The Morgan fingerprint density at radius 3 is 1.36 bits per heavy atom. The molecule has 0 aromatic carbocycles. The summed E-state index contributed by atoms with van der Waals surface area (Å²) in [6.45, 7) is 3.17. The molecule has 0 spiro atoms. The van der Waals surface area contributed by atoms with Gasteiger partial charge in [-0.25, -0.2) is 4.57 Å². The molecule has 0 aromatic heterocycles. The van der Waals surface area contributed by atoms with Crippen molar-refractivity contribution in [2.45, 2.75) is 243 Å². The van der Waals surface area contributed by atoms with Crippen LogP contribution in [0, 0.1) is 0 Å². The highest BCUT2D eigenvalue weighted by Crippen LogP contribution is 2.47. The Bertz CT molecular complexity index is 1300. The molecular formula is C50H89O13P. The number of hydrogen-bond acceptors (Lipinski definition) is 12. The van der Waals surface area contributed by atoms with E-state index in [9.17, 15) is 44.6 Å². The summed E-state index contributed by atoms with van der Waals surface area (Å²) in [6, 6.07) is 0. The molecule has 64 heavy (non-hydrogen) atoms. The molecule has 0 saturated heterocycles. The van der Waals surface area contributed by atoms with Crippen molar-refractivity contribution < 1.29 is 63.1 Å². The minimum Gasteiger partial charge on any atom is -0.462 e. The van der Waals surface area contributed by atoms with Crippen molar-refractivity contribution in [3.05, 3.63) is 48.6 Å². The number of aliphatic hydroxyl groups excluding tert-OH is 5. The predicted molar refractivity (Wildman–Crippen MR) is 253 cm³/mol. The van der Waals surface area contributed by atoms with Gasteiger partial charge >= 0.3 is 19.8 Å². The van der Waals surface area contributed by atoms with Gasteiger partial charge in [-0.15, -0.1) is 0 Å². The van der Waals surface area contributed by atoms with Crippen LogP contribution in [0.15, 0.2) is 48.6 Å². The lowest BCUT2D eigenvalue weighted by atomic mass is 9.85. The van der Waals surface area contributed by atoms with Crippen molar-refractivity contribution in [3.63, 3.8) is 0 Å². The summed E-state index contributed by atoms with van der Waals surface area (Å²) in [6.07, 6.45) is 34.6. The van der Waals surface area contributed by atoms with Gasteiger partial charge in [-0.1, -0.05) is 184 Å². The molecule has 14 heteroatoms. The summed E-state index contributed by atoms with van der Waals surface area (Å²) >= 11 is 0.